The summed E-state index contributed by atoms with van der Waals surface area (Å²) < 4.78 is 18.8. The molecule has 0 spiro atoms. The van der Waals surface area contributed by atoms with Gasteiger partial charge in [0, 0.05) is 32.1 Å². The SMILES string of the molecule is C[C@@H]1CN(C(=O)c2cn[nH]c2C2CCN(C(=O)Cc3ccc(F)cc3)CC2)C[C@@H](C)O1. The number of piperidine rings is 1. The molecule has 31 heavy (non-hydrogen) atoms. The monoisotopic (exact) mass is 428 g/mol. The van der Waals surface area contributed by atoms with Crippen molar-refractivity contribution in [2.75, 3.05) is 26.2 Å². The number of ether oxygens (including phenoxy) is 1. The second-order valence-corrected chi connectivity index (χ2v) is 8.62. The maximum Gasteiger partial charge on any atom is 0.257 e. The van der Waals surface area contributed by atoms with Gasteiger partial charge in [0.05, 0.1) is 36.1 Å². The van der Waals surface area contributed by atoms with Gasteiger partial charge in [-0.2, -0.15) is 5.10 Å². The summed E-state index contributed by atoms with van der Waals surface area (Å²) in [5.74, 6) is -0.113. The van der Waals surface area contributed by atoms with E-state index in [2.05, 4.69) is 10.2 Å². The lowest BCUT2D eigenvalue weighted by atomic mass is 9.90. The van der Waals surface area contributed by atoms with Gasteiger partial charge < -0.3 is 14.5 Å². The molecule has 7 nitrogen and oxygen atoms in total. The maximum absolute atomic E-state index is 13.1. The first kappa shape index (κ1) is 21.5. The Hall–Kier alpha value is -2.74. The Labute approximate surface area is 181 Å². The van der Waals surface area contributed by atoms with Crippen molar-refractivity contribution in [3.8, 4) is 0 Å². The molecular formula is C23H29FN4O3. The average molecular weight is 429 g/mol. The summed E-state index contributed by atoms with van der Waals surface area (Å²) in [4.78, 5) is 29.5. The van der Waals surface area contributed by atoms with E-state index in [1.165, 1.54) is 12.1 Å². The third-order valence-electron chi connectivity index (χ3n) is 6.13. The topological polar surface area (TPSA) is 78.5 Å². The van der Waals surface area contributed by atoms with Crippen LogP contribution in [0.15, 0.2) is 30.5 Å². The lowest BCUT2D eigenvalue weighted by molar-refractivity contribution is -0.131. The Balaban J connectivity index is 1.36. The number of hydrogen-bond donors (Lipinski definition) is 1. The third kappa shape index (κ3) is 4.95. The Morgan fingerprint density at radius 1 is 1.10 bits per heavy atom. The Morgan fingerprint density at radius 2 is 1.74 bits per heavy atom. The molecule has 8 heteroatoms. The summed E-state index contributed by atoms with van der Waals surface area (Å²) in [5.41, 5.74) is 2.30. The van der Waals surface area contributed by atoms with Gasteiger partial charge in [0.15, 0.2) is 0 Å². The van der Waals surface area contributed by atoms with Crippen molar-refractivity contribution in [1.82, 2.24) is 20.0 Å². The van der Waals surface area contributed by atoms with Gasteiger partial charge in [-0.3, -0.25) is 14.7 Å². The quantitative estimate of drug-likeness (QED) is 0.812. The average Bonchev–Trinajstić information content (AvgIpc) is 3.24. The standard InChI is InChI=1S/C23H29FN4O3/c1-15-13-28(14-16(2)31-15)23(30)20-12-25-26-22(20)18-7-9-27(10-8-18)21(29)11-17-3-5-19(24)6-4-17/h3-6,12,15-16,18H,7-11,13-14H2,1-2H3,(H,25,26)/t15-,16-/m1/s1. The molecule has 2 amide bonds. The fourth-order valence-electron chi connectivity index (χ4n) is 4.60. The number of amides is 2. The number of H-pyrrole nitrogens is 1. The largest absolute Gasteiger partial charge is 0.372 e. The number of benzene rings is 1. The van der Waals surface area contributed by atoms with Gasteiger partial charge >= 0.3 is 0 Å². The summed E-state index contributed by atoms with van der Waals surface area (Å²) in [6, 6.07) is 6.05. The number of hydrogen-bond acceptors (Lipinski definition) is 4. The van der Waals surface area contributed by atoms with Gasteiger partial charge in [-0.05, 0) is 44.4 Å². The van der Waals surface area contributed by atoms with Crippen molar-refractivity contribution in [2.45, 2.75) is 51.2 Å². The van der Waals surface area contributed by atoms with Crippen molar-refractivity contribution in [1.29, 1.82) is 0 Å². The molecule has 1 aromatic carbocycles. The molecule has 2 aliphatic heterocycles. The Kier molecular flexibility index (Phi) is 6.36. The van der Waals surface area contributed by atoms with Gasteiger partial charge in [-0.25, -0.2) is 4.39 Å². The van der Waals surface area contributed by atoms with Crippen LogP contribution < -0.4 is 0 Å². The summed E-state index contributed by atoms with van der Waals surface area (Å²) in [6.45, 7) is 6.36. The highest BCUT2D eigenvalue weighted by Crippen LogP contribution is 2.30. The fraction of sp³-hybridized carbons (Fsp3) is 0.522. The van der Waals surface area contributed by atoms with E-state index in [1.807, 2.05) is 23.6 Å². The predicted molar refractivity (Wildman–Crippen MR) is 113 cm³/mol. The molecule has 0 bridgehead atoms. The number of likely N-dealkylation sites (tertiary alicyclic amines) is 1. The molecule has 0 aliphatic carbocycles. The van der Waals surface area contributed by atoms with Crippen LogP contribution in [0.1, 0.15) is 54.2 Å². The molecule has 2 aliphatic rings. The highest BCUT2D eigenvalue weighted by atomic mass is 19.1. The lowest BCUT2D eigenvalue weighted by Gasteiger charge is -2.36. The number of rotatable bonds is 4. The van der Waals surface area contributed by atoms with Gasteiger partial charge in [0.25, 0.3) is 5.91 Å². The van der Waals surface area contributed by atoms with Crippen molar-refractivity contribution in [2.24, 2.45) is 0 Å². The highest BCUT2D eigenvalue weighted by molar-refractivity contribution is 5.95. The number of halogens is 1. The number of carbonyl (C=O) groups excluding carboxylic acids is 2. The van der Waals surface area contributed by atoms with Crippen LogP contribution in [0.25, 0.3) is 0 Å². The van der Waals surface area contributed by atoms with Gasteiger partial charge in [-0.1, -0.05) is 12.1 Å². The normalized spacial score (nSPS) is 22.5. The summed E-state index contributed by atoms with van der Waals surface area (Å²) in [7, 11) is 0. The fourth-order valence-corrected chi connectivity index (χ4v) is 4.60. The molecule has 3 heterocycles. The molecule has 2 aromatic rings. The van der Waals surface area contributed by atoms with Crippen LogP contribution >= 0.6 is 0 Å². The molecule has 1 aromatic heterocycles. The number of nitrogens with one attached hydrogen (secondary N) is 1. The van der Waals surface area contributed by atoms with Crippen LogP contribution in [-0.4, -0.2) is 70.2 Å². The molecule has 166 valence electrons. The van der Waals surface area contributed by atoms with Crippen LogP contribution in [0.4, 0.5) is 4.39 Å². The van der Waals surface area contributed by atoms with Crippen LogP contribution in [0.2, 0.25) is 0 Å². The first-order valence-corrected chi connectivity index (χ1v) is 10.9. The molecule has 0 unspecified atom stereocenters. The van der Waals surface area contributed by atoms with E-state index in [1.54, 1.807) is 18.3 Å². The van der Waals surface area contributed by atoms with Gasteiger partial charge in [0.1, 0.15) is 5.82 Å². The molecule has 4 rings (SSSR count). The van der Waals surface area contributed by atoms with E-state index >= 15 is 0 Å². The molecule has 0 saturated carbocycles. The zero-order valence-electron chi connectivity index (χ0n) is 18.0. The van der Waals surface area contributed by atoms with Gasteiger partial charge in [0.2, 0.25) is 5.91 Å². The predicted octanol–water partition coefficient (Wildman–Crippen LogP) is 2.75. The van der Waals surface area contributed by atoms with Crippen molar-refractivity contribution in [3.05, 3.63) is 53.1 Å². The molecule has 1 N–H and O–H groups in total. The minimum atomic E-state index is -0.303. The van der Waals surface area contributed by atoms with Crippen LogP contribution in [0.5, 0.6) is 0 Å². The smallest absolute Gasteiger partial charge is 0.257 e. The third-order valence-corrected chi connectivity index (χ3v) is 6.13. The highest BCUT2D eigenvalue weighted by Gasteiger charge is 2.32. The van der Waals surface area contributed by atoms with E-state index < -0.39 is 0 Å². The minimum absolute atomic E-state index is 0.0124. The zero-order chi connectivity index (χ0) is 22.0. The second kappa shape index (κ2) is 9.18. The van der Waals surface area contributed by atoms with Crippen molar-refractivity contribution >= 4 is 11.8 Å². The van der Waals surface area contributed by atoms with Crippen molar-refractivity contribution in [3.63, 3.8) is 0 Å². The number of carbonyl (C=O) groups is 2. The van der Waals surface area contributed by atoms with Crippen molar-refractivity contribution < 1.29 is 18.7 Å². The Morgan fingerprint density at radius 3 is 2.39 bits per heavy atom. The molecule has 2 saturated heterocycles. The zero-order valence-corrected chi connectivity index (χ0v) is 18.0. The molecule has 2 atom stereocenters. The van der Waals surface area contributed by atoms with E-state index in [9.17, 15) is 14.0 Å². The molecular weight excluding hydrogens is 399 g/mol. The number of nitrogens with zero attached hydrogens (tertiary/aromatic N) is 3. The number of aromatic amines is 1. The maximum atomic E-state index is 13.1. The minimum Gasteiger partial charge on any atom is -0.372 e. The molecule has 2 fully saturated rings. The van der Waals surface area contributed by atoms with Crippen LogP contribution in [-0.2, 0) is 16.0 Å². The van der Waals surface area contributed by atoms with Crippen LogP contribution in [0, 0.1) is 5.82 Å². The first-order chi connectivity index (χ1) is 14.9. The molecule has 0 radical (unpaired) electrons. The van der Waals surface area contributed by atoms with E-state index in [-0.39, 0.29) is 42.2 Å². The number of aromatic nitrogens is 2. The number of morpholine rings is 1. The van der Waals surface area contributed by atoms with E-state index in [4.69, 9.17) is 4.74 Å². The lowest BCUT2D eigenvalue weighted by Crippen LogP contribution is -2.48. The van der Waals surface area contributed by atoms with Crippen LogP contribution in [0.3, 0.4) is 0 Å². The second-order valence-electron chi connectivity index (χ2n) is 8.62. The summed E-state index contributed by atoms with van der Waals surface area (Å²) >= 11 is 0. The first-order valence-electron chi connectivity index (χ1n) is 10.9. The van der Waals surface area contributed by atoms with Gasteiger partial charge in [-0.15, -0.1) is 0 Å². The summed E-state index contributed by atoms with van der Waals surface area (Å²) in [6.07, 6.45) is 3.46. The Bertz CT molecular complexity index is 911. The summed E-state index contributed by atoms with van der Waals surface area (Å²) in [5, 5.41) is 7.19. The van der Waals surface area contributed by atoms with E-state index in [0.717, 1.165) is 24.1 Å². The van der Waals surface area contributed by atoms with E-state index in [0.29, 0.717) is 31.7 Å².